The van der Waals surface area contributed by atoms with Gasteiger partial charge in [0.15, 0.2) is 0 Å². The number of benzene rings is 3. The van der Waals surface area contributed by atoms with Crippen molar-refractivity contribution < 1.29 is 19.8 Å². The highest BCUT2D eigenvalue weighted by Gasteiger charge is 2.17. The van der Waals surface area contributed by atoms with Crippen molar-refractivity contribution in [3.63, 3.8) is 0 Å². The molecule has 3 aromatic carbocycles. The molecule has 0 saturated carbocycles. The van der Waals surface area contributed by atoms with Gasteiger partial charge in [-0.3, -0.25) is 9.59 Å². The summed E-state index contributed by atoms with van der Waals surface area (Å²) in [5, 5.41) is 25.6. The molecule has 0 bridgehead atoms. The second kappa shape index (κ2) is 11.1. The quantitative estimate of drug-likeness (QED) is 0.363. The molecule has 4 N–H and O–H groups in total. The van der Waals surface area contributed by atoms with Crippen molar-refractivity contribution >= 4 is 34.8 Å². The van der Waals surface area contributed by atoms with Crippen LogP contribution < -0.4 is 10.6 Å². The molecular formula is C26H27ClN2O4. The topological polar surface area (TPSA) is 98.7 Å². The number of carbonyl (C=O) groups excluding carboxylic acids is 2. The second-order valence-electron chi connectivity index (χ2n) is 7.87. The summed E-state index contributed by atoms with van der Waals surface area (Å²) in [5.74, 6) is -0.561. The van der Waals surface area contributed by atoms with Gasteiger partial charge in [-0.1, -0.05) is 29.8 Å². The molecule has 0 fully saturated rings. The highest BCUT2D eigenvalue weighted by atomic mass is 35.5. The number of aliphatic hydroxyl groups is 2. The van der Waals surface area contributed by atoms with Gasteiger partial charge < -0.3 is 20.8 Å². The van der Waals surface area contributed by atoms with E-state index in [1.165, 1.54) is 0 Å². The Morgan fingerprint density at radius 1 is 0.909 bits per heavy atom. The van der Waals surface area contributed by atoms with E-state index < -0.39 is 6.10 Å². The van der Waals surface area contributed by atoms with Crippen LogP contribution in [-0.2, 0) is 0 Å². The number of rotatable bonds is 8. The molecular weight excluding hydrogens is 440 g/mol. The third-order valence-electron chi connectivity index (χ3n) is 5.38. The maximum Gasteiger partial charge on any atom is 0.255 e. The van der Waals surface area contributed by atoms with Gasteiger partial charge in [0.1, 0.15) is 0 Å². The van der Waals surface area contributed by atoms with E-state index in [0.717, 1.165) is 5.56 Å². The summed E-state index contributed by atoms with van der Waals surface area (Å²) < 4.78 is 0. The van der Waals surface area contributed by atoms with Crippen LogP contribution in [0.1, 0.15) is 56.4 Å². The zero-order chi connectivity index (χ0) is 24.0. The van der Waals surface area contributed by atoms with Gasteiger partial charge in [-0.2, -0.15) is 0 Å². The van der Waals surface area contributed by atoms with E-state index in [9.17, 15) is 14.7 Å². The van der Waals surface area contributed by atoms with Crippen LogP contribution in [0.4, 0.5) is 11.4 Å². The Labute approximate surface area is 198 Å². The molecule has 3 rings (SSSR count). The van der Waals surface area contributed by atoms with Gasteiger partial charge in [0.05, 0.1) is 6.10 Å². The standard InChI is InChI=1S/C26H27ClN2O4/c1-16-6-3-4-7-20(16)25(32)28-19-10-11-21(17(2)14-19)26(33)29-23-12-9-18(27)15-22(23)24(31)8-5-13-30/h3-4,6-7,9-12,14-15,24,30-31H,5,8,13H2,1-2H3,(H,28,32)(H,29,33). The van der Waals surface area contributed by atoms with Gasteiger partial charge in [-0.25, -0.2) is 0 Å². The number of amides is 2. The lowest BCUT2D eigenvalue weighted by Gasteiger charge is -2.17. The van der Waals surface area contributed by atoms with E-state index in [1.807, 2.05) is 25.1 Å². The molecule has 3 aromatic rings. The Hall–Kier alpha value is -3.19. The van der Waals surface area contributed by atoms with Crippen LogP contribution in [0.15, 0.2) is 60.7 Å². The van der Waals surface area contributed by atoms with Gasteiger partial charge in [-0.15, -0.1) is 0 Å². The molecule has 0 saturated heterocycles. The average Bonchev–Trinajstić information content (AvgIpc) is 2.78. The van der Waals surface area contributed by atoms with E-state index >= 15 is 0 Å². The largest absolute Gasteiger partial charge is 0.396 e. The summed E-state index contributed by atoms with van der Waals surface area (Å²) in [4.78, 5) is 25.5. The molecule has 0 heterocycles. The Morgan fingerprint density at radius 2 is 1.61 bits per heavy atom. The molecule has 172 valence electrons. The average molecular weight is 467 g/mol. The van der Waals surface area contributed by atoms with Crippen molar-refractivity contribution in [2.24, 2.45) is 0 Å². The maximum absolute atomic E-state index is 13.0. The molecule has 0 aromatic heterocycles. The first-order chi connectivity index (χ1) is 15.8. The normalized spacial score (nSPS) is 11.7. The SMILES string of the molecule is Cc1ccccc1C(=O)Nc1ccc(C(=O)Nc2ccc(Cl)cc2C(O)CCCO)c(C)c1. The zero-order valence-electron chi connectivity index (χ0n) is 18.6. The van der Waals surface area contributed by atoms with Crippen molar-refractivity contribution in [1.82, 2.24) is 0 Å². The zero-order valence-corrected chi connectivity index (χ0v) is 19.3. The van der Waals surface area contributed by atoms with Crippen LogP contribution in [0.5, 0.6) is 0 Å². The lowest BCUT2D eigenvalue weighted by molar-refractivity contribution is 0.101. The number of anilines is 2. The van der Waals surface area contributed by atoms with Crippen LogP contribution >= 0.6 is 11.6 Å². The molecule has 0 aliphatic heterocycles. The fourth-order valence-electron chi connectivity index (χ4n) is 3.58. The van der Waals surface area contributed by atoms with Crippen molar-refractivity contribution in [2.75, 3.05) is 17.2 Å². The van der Waals surface area contributed by atoms with Crippen LogP contribution in [0.2, 0.25) is 5.02 Å². The van der Waals surface area contributed by atoms with Gasteiger partial charge in [-0.05, 0) is 80.3 Å². The Balaban J connectivity index is 1.76. The third-order valence-corrected chi connectivity index (χ3v) is 5.61. The van der Waals surface area contributed by atoms with Gasteiger partial charge in [0, 0.05) is 39.7 Å². The van der Waals surface area contributed by atoms with Crippen LogP contribution in [-0.4, -0.2) is 28.6 Å². The van der Waals surface area contributed by atoms with E-state index in [2.05, 4.69) is 10.6 Å². The fraction of sp³-hybridized carbons (Fsp3) is 0.231. The summed E-state index contributed by atoms with van der Waals surface area (Å²) in [6, 6.07) is 17.3. The predicted molar refractivity (Wildman–Crippen MR) is 131 cm³/mol. The minimum absolute atomic E-state index is 0.0365. The lowest BCUT2D eigenvalue weighted by atomic mass is 10.0. The first-order valence-corrected chi connectivity index (χ1v) is 11.0. The monoisotopic (exact) mass is 466 g/mol. The van der Waals surface area contributed by atoms with Gasteiger partial charge in [0.2, 0.25) is 0 Å². The van der Waals surface area contributed by atoms with Crippen LogP contribution in [0.25, 0.3) is 0 Å². The molecule has 6 nitrogen and oxygen atoms in total. The summed E-state index contributed by atoms with van der Waals surface area (Å²) in [5.41, 5.74) is 4.12. The summed E-state index contributed by atoms with van der Waals surface area (Å²) in [7, 11) is 0. The highest BCUT2D eigenvalue weighted by molar-refractivity contribution is 6.30. The highest BCUT2D eigenvalue weighted by Crippen LogP contribution is 2.30. The Morgan fingerprint density at radius 3 is 2.30 bits per heavy atom. The van der Waals surface area contributed by atoms with Crippen LogP contribution in [0.3, 0.4) is 0 Å². The first kappa shape index (κ1) is 24.5. The summed E-state index contributed by atoms with van der Waals surface area (Å²) >= 11 is 6.08. The molecule has 33 heavy (non-hydrogen) atoms. The number of carbonyl (C=O) groups is 2. The van der Waals surface area contributed by atoms with Crippen molar-refractivity contribution in [3.05, 3.63) is 93.5 Å². The number of aliphatic hydroxyl groups excluding tert-OH is 2. The molecule has 1 atom stereocenters. The maximum atomic E-state index is 13.0. The van der Waals surface area contributed by atoms with Gasteiger partial charge in [0.25, 0.3) is 11.8 Å². The first-order valence-electron chi connectivity index (χ1n) is 10.7. The van der Waals surface area contributed by atoms with E-state index in [1.54, 1.807) is 49.4 Å². The number of nitrogens with one attached hydrogen (secondary N) is 2. The molecule has 0 spiro atoms. The van der Waals surface area contributed by atoms with Crippen molar-refractivity contribution in [2.45, 2.75) is 32.8 Å². The minimum Gasteiger partial charge on any atom is -0.396 e. The molecule has 0 radical (unpaired) electrons. The minimum atomic E-state index is -0.869. The van der Waals surface area contributed by atoms with E-state index in [0.29, 0.717) is 51.5 Å². The molecule has 0 aliphatic carbocycles. The molecule has 2 amide bonds. The van der Waals surface area contributed by atoms with Crippen LogP contribution in [0, 0.1) is 13.8 Å². The van der Waals surface area contributed by atoms with Crippen molar-refractivity contribution in [3.8, 4) is 0 Å². The number of hydrogen-bond donors (Lipinski definition) is 4. The smallest absolute Gasteiger partial charge is 0.255 e. The predicted octanol–water partition coefficient (Wildman–Crippen LogP) is 5.27. The summed E-state index contributed by atoms with van der Waals surface area (Å²) in [6.45, 7) is 3.63. The van der Waals surface area contributed by atoms with Gasteiger partial charge >= 0.3 is 0 Å². The molecule has 1 unspecified atom stereocenters. The van der Waals surface area contributed by atoms with E-state index in [4.69, 9.17) is 16.7 Å². The van der Waals surface area contributed by atoms with E-state index in [-0.39, 0.29) is 18.4 Å². The van der Waals surface area contributed by atoms with Crippen molar-refractivity contribution in [1.29, 1.82) is 0 Å². The molecule has 0 aliphatic rings. The molecule has 7 heteroatoms. The lowest BCUT2D eigenvalue weighted by Crippen LogP contribution is -2.17. The fourth-order valence-corrected chi connectivity index (χ4v) is 3.76. The summed E-state index contributed by atoms with van der Waals surface area (Å²) in [6.07, 6.45) is -0.101. The Bertz CT molecular complexity index is 1160. The number of aryl methyl sites for hydroxylation is 2. The number of hydrogen-bond acceptors (Lipinski definition) is 4. The number of halogens is 1. The second-order valence-corrected chi connectivity index (χ2v) is 8.30. The Kier molecular flexibility index (Phi) is 8.22. The third kappa shape index (κ3) is 6.20.